The Morgan fingerprint density at radius 1 is 0.223 bits per heavy atom. The lowest BCUT2D eigenvalue weighted by Crippen LogP contribution is -1.97. The molecule has 0 saturated carbocycles. The average molecular weight is 1200 g/mol. The Morgan fingerprint density at radius 2 is 0.596 bits per heavy atom. The fourth-order valence-electron chi connectivity index (χ4n) is 15.1. The first-order chi connectivity index (χ1) is 46.5. The average Bonchev–Trinajstić information content (AvgIpc) is 1.57. The van der Waals surface area contributed by atoms with Gasteiger partial charge >= 0.3 is 0 Å². The first-order valence-electron chi connectivity index (χ1n) is 31.5. The second-order valence-corrected chi connectivity index (χ2v) is 24.2. The van der Waals surface area contributed by atoms with E-state index < -0.39 is 0 Å². The van der Waals surface area contributed by atoms with Crippen LogP contribution in [0, 0.1) is 22.7 Å². The number of aromatic nitrogens is 4. The lowest BCUT2D eigenvalue weighted by Gasteiger charge is -2.13. The van der Waals surface area contributed by atoms with E-state index in [-0.39, 0.29) is 0 Å². The summed E-state index contributed by atoms with van der Waals surface area (Å²) in [4.78, 5) is 0. The molecule has 0 saturated heterocycles. The monoisotopic (exact) mass is 1200 g/mol. The van der Waals surface area contributed by atoms with Crippen molar-refractivity contribution in [2.24, 2.45) is 0 Å². The zero-order valence-corrected chi connectivity index (χ0v) is 50.4. The first-order valence-corrected chi connectivity index (χ1v) is 31.5. The summed E-state index contributed by atoms with van der Waals surface area (Å²) in [6.45, 7) is 0. The number of nitriles is 2. The van der Waals surface area contributed by atoms with E-state index >= 15 is 0 Å². The molecular weight excluding hydrogens is 1150 g/mol. The third-order valence-electron chi connectivity index (χ3n) is 19.0. The molecule has 8 nitrogen and oxygen atoms in total. The minimum Gasteiger partial charge on any atom is -0.456 e. The molecule has 436 valence electrons. The Bertz CT molecular complexity index is 6550. The molecule has 0 fully saturated rings. The number of para-hydroxylation sites is 8. The first kappa shape index (κ1) is 52.8. The lowest BCUT2D eigenvalue weighted by molar-refractivity contribution is 0.669. The standard InChI is InChI=1S/2C43H25N3O/c44-26-27-22-29(28-10-9-11-30(24-28)45-37-16-5-1-12-32(37)33-13-2-6-17-38(33)45)25-31(23-27)46-39-18-7-3-15-36(39)42-40(46)21-20-35-34-14-4-8-19-41(34)47-43(35)42;44-26-27-22-29(28-10-9-11-30(24-28)45-36-16-5-1-12-32(36)33-13-2-6-17-37(33)45)25-31(23-27)46-38-18-7-3-14-34(38)42-39(46)20-21-41-43(42)35-15-4-8-19-40(35)47-41/h2*1-25H. The van der Waals surface area contributed by atoms with Gasteiger partial charge in [0, 0.05) is 82.0 Å². The van der Waals surface area contributed by atoms with Crippen molar-refractivity contribution < 1.29 is 8.83 Å². The van der Waals surface area contributed by atoms with Gasteiger partial charge in [-0.2, -0.15) is 10.5 Å². The third kappa shape index (κ3) is 7.97. The fraction of sp³-hybridized carbons (Fsp3) is 0. The second kappa shape index (κ2) is 20.7. The highest BCUT2D eigenvalue weighted by atomic mass is 16.3. The van der Waals surface area contributed by atoms with Crippen molar-refractivity contribution in [3.63, 3.8) is 0 Å². The molecule has 0 radical (unpaired) electrons. The summed E-state index contributed by atoms with van der Waals surface area (Å²) in [5, 5.41) is 34.3. The number of benzene rings is 14. The SMILES string of the molecule is N#Cc1cc(-c2cccc(-n3c4ccccc4c4ccccc43)c2)cc(-n2c3ccccc3c3c4c(ccc32)oc2ccccc24)c1.N#Cc1cc(-c2cccc(-n3c4ccccc4c4ccccc43)c2)cc(-n2c3ccccc3c3c4oc5ccccc5c4ccc32)c1. The Kier molecular flexibility index (Phi) is 11.6. The number of fused-ring (bicyclic) bond motifs is 20. The molecule has 0 spiro atoms. The molecule has 6 heterocycles. The molecule has 20 aromatic rings. The van der Waals surface area contributed by atoms with Gasteiger partial charge in [0.05, 0.1) is 72.8 Å². The quantitative estimate of drug-likeness (QED) is 0.166. The van der Waals surface area contributed by atoms with Gasteiger partial charge in [-0.1, -0.05) is 170 Å². The maximum Gasteiger partial charge on any atom is 0.145 e. The summed E-state index contributed by atoms with van der Waals surface area (Å²) in [6.07, 6.45) is 0. The highest BCUT2D eigenvalue weighted by molar-refractivity contribution is 6.28. The van der Waals surface area contributed by atoms with Gasteiger partial charge < -0.3 is 27.1 Å². The molecule has 94 heavy (non-hydrogen) atoms. The number of rotatable bonds is 6. The Labute approximate surface area is 537 Å². The number of hydrogen-bond donors (Lipinski definition) is 0. The van der Waals surface area contributed by atoms with E-state index in [1.54, 1.807) is 0 Å². The predicted molar refractivity (Wildman–Crippen MR) is 385 cm³/mol. The topological polar surface area (TPSA) is 93.6 Å². The van der Waals surface area contributed by atoms with Crippen molar-refractivity contribution >= 4 is 131 Å². The molecule has 0 aliphatic rings. The smallest absolute Gasteiger partial charge is 0.145 e. The van der Waals surface area contributed by atoms with Crippen molar-refractivity contribution in [3.05, 3.63) is 314 Å². The maximum absolute atomic E-state index is 10.3. The van der Waals surface area contributed by atoms with E-state index in [4.69, 9.17) is 8.83 Å². The molecule has 0 atom stereocenters. The lowest BCUT2D eigenvalue weighted by atomic mass is 10.0. The van der Waals surface area contributed by atoms with Crippen LogP contribution >= 0.6 is 0 Å². The van der Waals surface area contributed by atoms with Gasteiger partial charge in [0.15, 0.2) is 0 Å². The van der Waals surface area contributed by atoms with E-state index in [2.05, 4.69) is 285 Å². The Balaban J connectivity index is 0.000000133. The molecule has 14 aromatic carbocycles. The van der Waals surface area contributed by atoms with Crippen molar-refractivity contribution in [1.29, 1.82) is 10.5 Å². The van der Waals surface area contributed by atoms with E-state index in [0.29, 0.717) is 11.1 Å². The Morgan fingerprint density at radius 3 is 1.09 bits per heavy atom. The molecule has 0 N–H and O–H groups in total. The zero-order valence-electron chi connectivity index (χ0n) is 50.4. The minimum atomic E-state index is 0.607. The van der Waals surface area contributed by atoms with Gasteiger partial charge in [-0.25, -0.2) is 0 Å². The summed E-state index contributed by atoms with van der Waals surface area (Å²) in [6, 6.07) is 111. The second-order valence-electron chi connectivity index (χ2n) is 24.2. The molecule has 20 rings (SSSR count). The highest BCUT2D eigenvalue weighted by Gasteiger charge is 2.23. The van der Waals surface area contributed by atoms with Crippen molar-refractivity contribution in [2.45, 2.75) is 0 Å². The fourth-order valence-corrected chi connectivity index (χ4v) is 15.1. The van der Waals surface area contributed by atoms with Crippen molar-refractivity contribution in [1.82, 2.24) is 18.3 Å². The van der Waals surface area contributed by atoms with E-state index in [0.717, 1.165) is 132 Å². The van der Waals surface area contributed by atoms with Gasteiger partial charge in [0.1, 0.15) is 22.3 Å². The summed E-state index contributed by atoms with van der Waals surface area (Å²) in [7, 11) is 0. The molecule has 8 heteroatoms. The maximum atomic E-state index is 10.3. The van der Waals surface area contributed by atoms with Crippen LogP contribution in [0.1, 0.15) is 11.1 Å². The molecule has 0 aliphatic carbocycles. The van der Waals surface area contributed by atoms with Crippen LogP contribution < -0.4 is 0 Å². The largest absolute Gasteiger partial charge is 0.456 e. The van der Waals surface area contributed by atoms with Crippen molar-refractivity contribution in [2.75, 3.05) is 0 Å². The van der Waals surface area contributed by atoms with Crippen LogP contribution in [0.4, 0.5) is 0 Å². The van der Waals surface area contributed by atoms with Gasteiger partial charge in [-0.05, 0) is 156 Å². The van der Waals surface area contributed by atoms with E-state index in [1.807, 2.05) is 48.5 Å². The zero-order chi connectivity index (χ0) is 62.1. The Hall–Kier alpha value is -13.1. The van der Waals surface area contributed by atoms with Gasteiger partial charge in [0.25, 0.3) is 0 Å². The summed E-state index contributed by atoms with van der Waals surface area (Å²) >= 11 is 0. The van der Waals surface area contributed by atoms with Crippen LogP contribution in [0.2, 0.25) is 0 Å². The van der Waals surface area contributed by atoms with E-state index in [1.165, 1.54) is 43.6 Å². The normalized spacial score (nSPS) is 11.8. The summed E-state index contributed by atoms with van der Waals surface area (Å²) < 4.78 is 22.0. The van der Waals surface area contributed by atoms with Crippen LogP contribution in [0.5, 0.6) is 0 Å². The van der Waals surface area contributed by atoms with Crippen LogP contribution in [-0.2, 0) is 0 Å². The third-order valence-corrected chi connectivity index (χ3v) is 19.0. The number of furan rings is 2. The van der Waals surface area contributed by atoms with Gasteiger partial charge in [0.2, 0.25) is 0 Å². The van der Waals surface area contributed by atoms with Crippen LogP contribution in [-0.4, -0.2) is 18.3 Å². The van der Waals surface area contributed by atoms with Gasteiger partial charge in [-0.3, -0.25) is 0 Å². The molecule has 0 bridgehead atoms. The highest BCUT2D eigenvalue weighted by Crippen LogP contribution is 2.45. The van der Waals surface area contributed by atoms with Crippen molar-refractivity contribution in [3.8, 4) is 57.1 Å². The van der Waals surface area contributed by atoms with Crippen LogP contribution in [0.25, 0.3) is 176 Å². The summed E-state index contributed by atoms with van der Waals surface area (Å²) in [5.41, 5.74) is 21.8. The molecule has 0 aliphatic heterocycles. The summed E-state index contributed by atoms with van der Waals surface area (Å²) in [5.74, 6) is 0. The van der Waals surface area contributed by atoms with Crippen LogP contribution in [0.15, 0.2) is 312 Å². The number of nitrogens with zero attached hydrogens (tertiary/aromatic N) is 6. The van der Waals surface area contributed by atoms with E-state index in [9.17, 15) is 10.5 Å². The van der Waals surface area contributed by atoms with Gasteiger partial charge in [-0.15, -0.1) is 0 Å². The van der Waals surface area contributed by atoms with Crippen LogP contribution in [0.3, 0.4) is 0 Å². The predicted octanol–water partition coefficient (Wildman–Crippen LogP) is 22.6. The molecule has 6 aromatic heterocycles. The minimum absolute atomic E-state index is 0.607. The molecule has 0 amide bonds. The molecular formula is C86H50N6O2. The molecule has 0 unspecified atom stereocenters. The number of hydrogen-bond acceptors (Lipinski definition) is 4.